The minimum Gasteiger partial charge on any atom is -0.382 e. The van der Waals surface area contributed by atoms with Crippen molar-refractivity contribution in [3.8, 4) is 0 Å². The van der Waals surface area contributed by atoms with E-state index in [2.05, 4.69) is 29.9 Å². The number of aromatic nitrogens is 8. The summed E-state index contributed by atoms with van der Waals surface area (Å²) < 4.78 is 92.2. The molecule has 3 aliphatic rings. The lowest BCUT2D eigenvalue weighted by molar-refractivity contribution is -0.0533. The standard InChI is InChI=1S/C20H19F2N10O9P2/c21-8-12-6(38-18(8)31-4-27-10-14(23)25-3-26-15(10)31)1-36-43(35)41-13-7(2-37-42(34)40-12)39-19(9(13)22)32-5-28-11-16(32)29-20(24)30-17(11)33/h3-9,12-13,18-19H,1-2H2,(H4-,23,24,25,26,29,30,33)/q+1/p+1/t6-,7-,8-,9-,12-,13-,18-,19-/m1/s1. The molecular weight excluding hydrogens is 624 g/mol. The van der Waals surface area contributed by atoms with Gasteiger partial charge in [-0.1, -0.05) is 0 Å². The summed E-state index contributed by atoms with van der Waals surface area (Å²) in [7, 11) is -6.06. The minimum atomic E-state index is -3.03. The van der Waals surface area contributed by atoms with Gasteiger partial charge < -0.3 is 20.9 Å². The van der Waals surface area contributed by atoms with E-state index < -0.39 is 84.5 Å². The summed E-state index contributed by atoms with van der Waals surface area (Å²) in [5, 5.41) is 0. The molecule has 0 aliphatic carbocycles. The van der Waals surface area contributed by atoms with Crippen LogP contribution in [0.25, 0.3) is 22.3 Å². The highest BCUT2D eigenvalue weighted by Gasteiger charge is 2.57. The van der Waals surface area contributed by atoms with E-state index in [9.17, 15) is 13.9 Å². The van der Waals surface area contributed by atoms with Crippen LogP contribution in [0.5, 0.6) is 0 Å². The van der Waals surface area contributed by atoms with Crippen molar-refractivity contribution in [1.82, 2.24) is 39.0 Å². The number of nitrogen functional groups attached to an aromatic ring is 2. The molecule has 7 rings (SSSR count). The van der Waals surface area contributed by atoms with Crippen LogP contribution in [0.1, 0.15) is 12.5 Å². The van der Waals surface area contributed by atoms with Crippen LogP contribution in [0.4, 0.5) is 20.5 Å². The fraction of sp³-hybridized carbons (Fsp3) is 0.500. The summed E-state index contributed by atoms with van der Waals surface area (Å²) in [6.07, 6.45) is -9.03. The van der Waals surface area contributed by atoms with Gasteiger partial charge in [-0.2, -0.15) is 4.98 Å². The summed E-state index contributed by atoms with van der Waals surface area (Å²) in [6, 6.07) is 0. The molecule has 19 nitrogen and oxygen atoms in total. The lowest BCUT2D eigenvalue weighted by atomic mass is 10.1. The third kappa shape index (κ3) is 4.83. The van der Waals surface area contributed by atoms with Gasteiger partial charge in [-0.05, 0) is 0 Å². The zero-order valence-corrected chi connectivity index (χ0v) is 23.2. The van der Waals surface area contributed by atoms with Gasteiger partial charge in [-0.25, -0.2) is 28.7 Å². The van der Waals surface area contributed by atoms with Crippen molar-refractivity contribution in [2.24, 2.45) is 0 Å². The van der Waals surface area contributed by atoms with Crippen molar-refractivity contribution in [3.05, 3.63) is 29.3 Å². The first-order valence-corrected chi connectivity index (χ1v) is 14.7. The van der Waals surface area contributed by atoms with E-state index in [1.165, 1.54) is 10.9 Å². The molecule has 4 aromatic heterocycles. The molecule has 0 spiro atoms. The molecule has 43 heavy (non-hydrogen) atoms. The summed E-state index contributed by atoms with van der Waals surface area (Å²) in [5.74, 6) is -0.186. The van der Waals surface area contributed by atoms with Crippen LogP contribution in [0.2, 0.25) is 0 Å². The molecule has 226 valence electrons. The second-order valence-electron chi connectivity index (χ2n) is 9.56. The topological polar surface area (TPSA) is 249 Å². The zero-order valence-electron chi connectivity index (χ0n) is 21.4. The summed E-state index contributed by atoms with van der Waals surface area (Å²) >= 11 is 0. The number of nitrogens with zero attached hydrogens (tertiary/aromatic N) is 7. The van der Waals surface area contributed by atoms with E-state index in [4.69, 9.17) is 39.0 Å². The third-order valence-corrected chi connectivity index (χ3v) is 8.57. The maximum Gasteiger partial charge on any atom is 0.697 e. The molecule has 0 bridgehead atoms. The predicted octanol–water partition coefficient (Wildman–Crippen LogP) is 0.727. The van der Waals surface area contributed by atoms with Crippen LogP contribution in [0.3, 0.4) is 0 Å². The highest BCUT2D eigenvalue weighted by atomic mass is 31.1. The number of hydrogen-bond acceptors (Lipinski definition) is 16. The average Bonchev–Trinajstić information content (AvgIpc) is 3.72. The second-order valence-corrected chi connectivity index (χ2v) is 11.4. The fourth-order valence-electron chi connectivity index (χ4n) is 5.07. The molecule has 0 saturated carbocycles. The van der Waals surface area contributed by atoms with Gasteiger partial charge in [0, 0.05) is 9.13 Å². The number of hydrogen-bond donors (Lipinski definition) is 3. The van der Waals surface area contributed by atoms with Crippen molar-refractivity contribution in [3.63, 3.8) is 0 Å². The Balaban J connectivity index is 1.12. The van der Waals surface area contributed by atoms with Gasteiger partial charge in [-0.3, -0.25) is 18.9 Å². The number of H-pyrrole nitrogens is 1. The van der Waals surface area contributed by atoms with Crippen LogP contribution in [0, 0.1) is 0 Å². The normalized spacial score (nSPS) is 33.7. The predicted molar refractivity (Wildman–Crippen MR) is 137 cm³/mol. The molecule has 0 amide bonds. The zero-order chi connectivity index (χ0) is 30.0. The number of imidazole rings is 2. The number of anilines is 2. The molecule has 0 aromatic carbocycles. The molecule has 7 heterocycles. The number of alkyl halides is 2. The number of fused-ring (bicyclic) bond motifs is 4. The average molecular weight is 644 g/mol. The molecule has 10 atom stereocenters. The first kappa shape index (κ1) is 28.1. The summed E-state index contributed by atoms with van der Waals surface area (Å²) in [4.78, 5) is 34.3. The van der Waals surface area contributed by atoms with Crippen LogP contribution in [-0.4, -0.2) is 89.0 Å². The van der Waals surface area contributed by atoms with Gasteiger partial charge in [0.25, 0.3) is 5.56 Å². The van der Waals surface area contributed by atoms with Crippen molar-refractivity contribution in [2.45, 2.75) is 49.2 Å². The molecule has 23 heteroatoms. The largest absolute Gasteiger partial charge is 0.697 e. The lowest BCUT2D eigenvalue weighted by Crippen LogP contribution is -2.35. The summed E-state index contributed by atoms with van der Waals surface area (Å²) in [6.45, 7) is -1.16. The third-order valence-electron chi connectivity index (χ3n) is 7.02. The van der Waals surface area contributed by atoms with E-state index in [1.807, 2.05) is 0 Å². The molecule has 3 saturated heterocycles. The molecule has 2 unspecified atom stereocenters. The van der Waals surface area contributed by atoms with E-state index >= 15 is 8.78 Å². The number of halogens is 2. The number of aromatic amines is 1. The second kappa shape index (κ2) is 10.8. The molecule has 3 aliphatic heterocycles. The smallest absolute Gasteiger partial charge is 0.382 e. The Morgan fingerprint density at radius 2 is 1.40 bits per heavy atom. The Labute approximate surface area is 238 Å². The monoisotopic (exact) mass is 644 g/mol. The van der Waals surface area contributed by atoms with Crippen molar-refractivity contribution < 1.29 is 45.5 Å². The molecular formula is C20H20F2N10O9P2+2. The van der Waals surface area contributed by atoms with Crippen LogP contribution < -0.4 is 17.0 Å². The SMILES string of the molecule is Nc1nc2c(ncn2[C@@H]2O[C@@H]3CO[P+](=O)O[C@H]4[C@@H](F)[C@H](n5cnc6c(N)ncnc65)O[C@@H]4CO[P+](=O)O[C@H]3[C@H]2F)c(=O)[nH]1. The molecule has 0 radical (unpaired) electrons. The maximum atomic E-state index is 15.8. The lowest BCUT2D eigenvalue weighted by Gasteiger charge is -2.15. The minimum absolute atomic E-state index is 0.0605. The Morgan fingerprint density at radius 3 is 2.00 bits per heavy atom. The van der Waals surface area contributed by atoms with E-state index in [1.54, 1.807) is 0 Å². The van der Waals surface area contributed by atoms with Gasteiger partial charge in [0.1, 0.15) is 37.3 Å². The van der Waals surface area contributed by atoms with E-state index in [-0.39, 0.29) is 34.1 Å². The van der Waals surface area contributed by atoms with Crippen molar-refractivity contribution in [2.75, 3.05) is 24.7 Å². The van der Waals surface area contributed by atoms with Crippen molar-refractivity contribution in [1.29, 1.82) is 0 Å². The molecule has 4 aromatic rings. The molecule has 3 fully saturated rings. The van der Waals surface area contributed by atoms with Gasteiger partial charge in [0.15, 0.2) is 59.6 Å². The molecule has 5 N–H and O–H groups in total. The van der Waals surface area contributed by atoms with Crippen LogP contribution in [-0.2, 0) is 36.7 Å². The highest BCUT2D eigenvalue weighted by molar-refractivity contribution is 7.33. The van der Waals surface area contributed by atoms with Gasteiger partial charge in [0.05, 0.1) is 12.7 Å². The number of nitrogens with two attached hydrogens (primary N) is 2. The Bertz CT molecular complexity index is 1810. The number of rotatable bonds is 2. The number of nitrogens with one attached hydrogen (secondary N) is 1. The Kier molecular flexibility index (Phi) is 7.06. The van der Waals surface area contributed by atoms with E-state index in [0.717, 1.165) is 17.2 Å². The van der Waals surface area contributed by atoms with Crippen LogP contribution in [0.15, 0.2) is 23.8 Å². The Hall–Kier alpha value is -3.68. The van der Waals surface area contributed by atoms with Crippen LogP contribution >= 0.6 is 16.5 Å². The fourth-order valence-corrected chi connectivity index (χ4v) is 6.63. The van der Waals surface area contributed by atoms with Gasteiger partial charge in [-0.15, -0.1) is 18.1 Å². The quantitative estimate of drug-likeness (QED) is 0.254. The first-order valence-electron chi connectivity index (χ1n) is 12.5. The highest BCUT2D eigenvalue weighted by Crippen LogP contribution is 2.45. The summed E-state index contributed by atoms with van der Waals surface area (Å²) in [5.41, 5.74) is 10.9. The van der Waals surface area contributed by atoms with Crippen molar-refractivity contribution >= 4 is 50.6 Å². The number of ether oxygens (including phenoxy) is 2. The first-order chi connectivity index (χ1) is 20.7. The van der Waals surface area contributed by atoms with Gasteiger partial charge in [0.2, 0.25) is 5.95 Å². The Morgan fingerprint density at radius 1 is 0.837 bits per heavy atom. The van der Waals surface area contributed by atoms with E-state index in [0.29, 0.717) is 0 Å². The maximum absolute atomic E-state index is 15.8. The van der Waals surface area contributed by atoms with Gasteiger partial charge >= 0.3 is 16.5 Å².